The molecule has 3 aromatic rings. The third-order valence-corrected chi connectivity index (χ3v) is 3.95. The topological polar surface area (TPSA) is 68.8 Å². The molecule has 0 aliphatic carbocycles. The highest BCUT2D eigenvalue weighted by Gasteiger charge is 2.14. The number of hydrogen-bond donors (Lipinski definition) is 2. The van der Waals surface area contributed by atoms with Crippen molar-refractivity contribution in [2.45, 2.75) is 6.92 Å². The molecule has 0 aliphatic rings. The number of anilines is 2. The van der Waals surface area contributed by atoms with E-state index in [9.17, 15) is 0 Å². The summed E-state index contributed by atoms with van der Waals surface area (Å²) in [7, 11) is 2.04. The quantitative estimate of drug-likeness (QED) is 0.684. The van der Waals surface area contributed by atoms with Crippen molar-refractivity contribution in [3.63, 3.8) is 0 Å². The van der Waals surface area contributed by atoms with E-state index >= 15 is 0 Å². The van der Waals surface area contributed by atoms with Crippen LogP contribution in [0.2, 0.25) is 0 Å². The summed E-state index contributed by atoms with van der Waals surface area (Å²) >= 11 is 2.33. The number of nitrogens with zero attached hydrogens (tertiary/aromatic N) is 3. The Hall–Kier alpha value is -1.57. The molecule has 0 saturated heterocycles. The second-order valence-corrected chi connectivity index (χ2v) is 5.56. The average molecular weight is 367 g/mol. The highest BCUT2D eigenvalue weighted by Crippen LogP contribution is 2.33. The van der Waals surface area contributed by atoms with Gasteiger partial charge in [0, 0.05) is 28.7 Å². The summed E-state index contributed by atoms with van der Waals surface area (Å²) in [5, 5.41) is 5.46. The molecule has 5 nitrogen and oxygen atoms in total. The SMILES string of the molecule is CCNc1nc(N)nc2cc(I)c3c(ccn3C)c12. The zero-order valence-corrected chi connectivity index (χ0v) is 12.9. The highest BCUT2D eigenvalue weighted by atomic mass is 127. The van der Waals surface area contributed by atoms with E-state index < -0.39 is 0 Å². The Morgan fingerprint density at radius 3 is 2.95 bits per heavy atom. The number of benzene rings is 1. The molecule has 0 bridgehead atoms. The van der Waals surface area contributed by atoms with Gasteiger partial charge in [-0.25, -0.2) is 4.98 Å². The Labute approximate surface area is 124 Å². The summed E-state index contributed by atoms with van der Waals surface area (Å²) in [5.41, 5.74) is 7.86. The third-order valence-electron chi connectivity index (χ3n) is 3.13. The molecule has 0 unspecified atom stereocenters. The molecule has 0 aliphatic heterocycles. The van der Waals surface area contributed by atoms with E-state index in [2.05, 4.69) is 60.8 Å². The first-order chi connectivity index (χ1) is 9.11. The number of nitrogens with one attached hydrogen (secondary N) is 1. The van der Waals surface area contributed by atoms with Crippen molar-refractivity contribution >= 4 is 56.2 Å². The number of halogens is 1. The van der Waals surface area contributed by atoms with Gasteiger partial charge in [0.1, 0.15) is 5.82 Å². The maximum absolute atomic E-state index is 5.78. The van der Waals surface area contributed by atoms with Crippen LogP contribution in [0.4, 0.5) is 11.8 Å². The molecule has 0 fully saturated rings. The molecular weight excluding hydrogens is 353 g/mol. The second-order valence-electron chi connectivity index (χ2n) is 4.40. The predicted octanol–water partition coefficient (Wildman–Crippen LogP) is 2.74. The minimum atomic E-state index is 0.300. The van der Waals surface area contributed by atoms with Crippen LogP contribution in [0.3, 0.4) is 0 Å². The number of aromatic nitrogens is 3. The van der Waals surface area contributed by atoms with E-state index in [1.807, 2.05) is 14.0 Å². The Morgan fingerprint density at radius 2 is 2.21 bits per heavy atom. The van der Waals surface area contributed by atoms with Gasteiger partial charge in [-0.05, 0) is 41.6 Å². The van der Waals surface area contributed by atoms with Gasteiger partial charge in [-0.1, -0.05) is 0 Å². The van der Waals surface area contributed by atoms with Gasteiger partial charge >= 0.3 is 0 Å². The number of fused-ring (bicyclic) bond motifs is 3. The molecule has 0 radical (unpaired) electrons. The third kappa shape index (κ3) is 1.90. The van der Waals surface area contributed by atoms with Gasteiger partial charge in [0.25, 0.3) is 0 Å². The van der Waals surface area contributed by atoms with Gasteiger partial charge in [-0.2, -0.15) is 4.98 Å². The van der Waals surface area contributed by atoms with Crippen molar-refractivity contribution in [1.82, 2.24) is 14.5 Å². The summed E-state index contributed by atoms with van der Waals surface area (Å²) in [6.45, 7) is 2.84. The minimum Gasteiger partial charge on any atom is -0.370 e. The first-order valence-electron chi connectivity index (χ1n) is 6.06. The van der Waals surface area contributed by atoms with Crippen LogP contribution in [0, 0.1) is 3.57 Å². The lowest BCUT2D eigenvalue weighted by atomic mass is 10.1. The molecule has 0 spiro atoms. The van der Waals surface area contributed by atoms with Crippen molar-refractivity contribution in [1.29, 1.82) is 0 Å². The van der Waals surface area contributed by atoms with Crippen LogP contribution in [0.25, 0.3) is 21.8 Å². The van der Waals surface area contributed by atoms with Gasteiger partial charge < -0.3 is 15.6 Å². The Morgan fingerprint density at radius 1 is 1.42 bits per heavy atom. The molecule has 0 atom stereocenters. The fourth-order valence-corrected chi connectivity index (χ4v) is 3.34. The van der Waals surface area contributed by atoms with Crippen molar-refractivity contribution in [3.8, 4) is 0 Å². The van der Waals surface area contributed by atoms with E-state index in [4.69, 9.17) is 5.73 Å². The maximum atomic E-state index is 5.78. The summed E-state index contributed by atoms with van der Waals surface area (Å²) in [4.78, 5) is 8.68. The van der Waals surface area contributed by atoms with Gasteiger partial charge in [0.05, 0.1) is 16.4 Å². The summed E-state index contributed by atoms with van der Waals surface area (Å²) in [6.07, 6.45) is 2.05. The Bertz CT molecular complexity index is 778. The highest BCUT2D eigenvalue weighted by molar-refractivity contribution is 14.1. The molecule has 19 heavy (non-hydrogen) atoms. The van der Waals surface area contributed by atoms with E-state index in [-0.39, 0.29) is 0 Å². The molecule has 3 N–H and O–H groups in total. The van der Waals surface area contributed by atoms with Crippen LogP contribution in [0.1, 0.15) is 6.92 Å². The number of nitrogens with two attached hydrogens (primary N) is 1. The van der Waals surface area contributed by atoms with E-state index in [0.717, 1.165) is 32.2 Å². The standard InChI is InChI=1S/C13H14IN5/c1-3-16-12-10-7-4-5-19(2)11(7)8(14)6-9(10)17-13(15)18-12/h4-6H,3H2,1-2H3,(H3,15,16,17,18). The number of aryl methyl sites for hydroxylation is 1. The van der Waals surface area contributed by atoms with Crippen molar-refractivity contribution < 1.29 is 0 Å². The second kappa shape index (κ2) is 4.52. The molecule has 0 saturated carbocycles. The maximum Gasteiger partial charge on any atom is 0.222 e. The number of rotatable bonds is 2. The molecule has 0 amide bonds. The number of nitrogen functional groups attached to an aromatic ring is 1. The molecular formula is C13H14IN5. The lowest BCUT2D eigenvalue weighted by Crippen LogP contribution is -2.05. The van der Waals surface area contributed by atoms with Gasteiger partial charge in [-0.15, -0.1) is 0 Å². The zero-order chi connectivity index (χ0) is 13.6. The molecule has 1 aromatic carbocycles. The van der Waals surface area contributed by atoms with Crippen LogP contribution < -0.4 is 11.1 Å². The van der Waals surface area contributed by atoms with Crippen molar-refractivity contribution in [2.75, 3.05) is 17.6 Å². The smallest absolute Gasteiger partial charge is 0.222 e. The monoisotopic (exact) mass is 367 g/mol. The lowest BCUT2D eigenvalue weighted by molar-refractivity contribution is 0.967. The molecule has 2 heterocycles. The zero-order valence-electron chi connectivity index (χ0n) is 10.7. The van der Waals surface area contributed by atoms with Crippen LogP contribution in [-0.4, -0.2) is 21.1 Å². The first kappa shape index (κ1) is 12.5. The van der Waals surface area contributed by atoms with Crippen LogP contribution >= 0.6 is 22.6 Å². The summed E-state index contributed by atoms with van der Waals surface area (Å²) in [6, 6.07) is 4.15. The Kier molecular flexibility index (Phi) is 2.96. The van der Waals surface area contributed by atoms with Crippen LogP contribution in [-0.2, 0) is 7.05 Å². The van der Waals surface area contributed by atoms with Crippen LogP contribution in [0.15, 0.2) is 18.3 Å². The number of hydrogen-bond acceptors (Lipinski definition) is 4. The fourth-order valence-electron chi connectivity index (χ4n) is 2.38. The van der Waals surface area contributed by atoms with E-state index in [1.165, 1.54) is 5.52 Å². The molecule has 6 heteroatoms. The molecule has 3 rings (SSSR count). The van der Waals surface area contributed by atoms with Gasteiger partial charge in [0.15, 0.2) is 0 Å². The van der Waals surface area contributed by atoms with Gasteiger partial charge in [0.2, 0.25) is 5.95 Å². The first-order valence-corrected chi connectivity index (χ1v) is 7.14. The minimum absolute atomic E-state index is 0.300. The predicted molar refractivity (Wildman–Crippen MR) is 87.3 cm³/mol. The molecule has 2 aromatic heterocycles. The largest absolute Gasteiger partial charge is 0.370 e. The fraction of sp³-hybridized carbons (Fsp3) is 0.231. The summed E-state index contributed by atoms with van der Waals surface area (Å²) < 4.78 is 3.27. The van der Waals surface area contributed by atoms with Crippen molar-refractivity contribution in [2.24, 2.45) is 7.05 Å². The Balaban J connectivity index is 2.51. The van der Waals surface area contributed by atoms with E-state index in [0.29, 0.717) is 5.95 Å². The molecule has 98 valence electrons. The van der Waals surface area contributed by atoms with Gasteiger partial charge in [-0.3, -0.25) is 0 Å². The normalized spacial score (nSPS) is 11.3. The van der Waals surface area contributed by atoms with E-state index in [1.54, 1.807) is 0 Å². The van der Waals surface area contributed by atoms with Crippen molar-refractivity contribution in [3.05, 3.63) is 21.9 Å². The average Bonchev–Trinajstić information content (AvgIpc) is 2.71. The van der Waals surface area contributed by atoms with Crippen LogP contribution in [0.5, 0.6) is 0 Å². The summed E-state index contributed by atoms with van der Waals surface area (Å²) in [5.74, 6) is 1.10. The lowest BCUT2D eigenvalue weighted by Gasteiger charge is -2.10.